The maximum absolute atomic E-state index is 12.5. The fourth-order valence-corrected chi connectivity index (χ4v) is 3.69. The normalized spacial score (nSPS) is 17.7. The molecule has 0 radical (unpaired) electrons. The van der Waals surface area contributed by atoms with Crippen LogP contribution in [0, 0.1) is 6.92 Å². The van der Waals surface area contributed by atoms with Crippen LogP contribution in [0.5, 0.6) is 0 Å². The molecule has 4 rings (SSSR count). The molecule has 1 amide bonds. The lowest BCUT2D eigenvalue weighted by molar-refractivity contribution is -0.122. The number of carbonyl (C=O) groups is 1. The number of hydrogen-bond donors (Lipinski definition) is 2. The van der Waals surface area contributed by atoms with Gasteiger partial charge in [0.15, 0.2) is 5.65 Å². The van der Waals surface area contributed by atoms with Crippen molar-refractivity contribution in [3.63, 3.8) is 0 Å². The predicted molar refractivity (Wildman–Crippen MR) is 108 cm³/mol. The lowest BCUT2D eigenvalue weighted by atomic mass is 9.99. The van der Waals surface area contributed by atoms with E-state index in [9.17, 15) is 4.79 Å². The van der Waals surface area contributed by atoms with Gasteiger partial charge in [0, 0.05) is 31.4 Å². The third-order valence-electron chi connectivity index (χ3n) is 5.43. The number of amides is 1. The molecule has 0 unspecified atom stereocenters. The van der Waals surface area contributed by atoms with E-state index in [0.29, 0.717) is 19.0 Å². The molecule has 2 aromatic heterocycles. The van der Waals surface area contributed by atoms with Crippen LogP contribution in [0.2, 0.25) is 0 Å². The van der Waals surface area contributed by atoms with Crippen LogP contribution in [0.1, 0.15) is 42.0 Å². The highest BCUT2D eigenvalue weighted by Gasteiger charge is 2.24. The Kier molecular flexibility index (Phi) is 5.34. The summed E-state index contributed by atoms with van der Waals surface area (Å²) in [5, 5.41) is 11.2. The Labute approximate surface area is 164 Å². The van der Waals surface area contributed by atoms with Crippen molar-refractivity contribution < 1.29 is 4.79 Å². The van der Waals surface area contributed by atoms with E-state index in [-0.39, 0.29) is 11.8 Å². The fraction of sp³-hybridized carbons (Fsp3) is 0.429. The van der Waals surface area contributed by atoms with Crippen molar-refractivity contribution in [3.8, 4) is 0 Å². The molecular formula is C21H26N6O. The zero-order chi connectivity index (χ0) is 19.5. The van der Waals surface area contributed by atoms with E-state index in [1.54, 1.807) is 12.4 Å². The van der Waals surface area contributed by atoms with E-state index in [2.05, 4.69) is 20.6 Å². The van der Waals surface area contributed by atoms with Crippen LogP contribution in [0.25, 0.3) is 11.2 Å². The number of nitrogens with zero attached hydrogens (tertiary/aromatic N) is 4. The van der Waals surface area contributed by atoms with Gasteiger partial charge in [-0.3, -0.25) is 4.79 Å². The van der Waals surface area contributed by atoms with Gasteiger partial charge in [0.05, 0.1) is 18.2 Å². The summed E-state index contributed by atoms with van der Waals surface area (Å²) in [6, 6.07) is 8.09. The molecule has 0 spiro atoms. The SMILES string of the molecule is Cc1ccc([C@H](C)C(=O)NCCn2nc([C@@H]3CCNC3)c3nccnc32)cc1. The van der Waals surface area contributed by atoms with E-state index in [1.807, 2.05) is 42.8 Å². The number of nitrogens with one attached hydrogen (secondary N) is 2. The first kappa shape index (κ1) is 18.6. The average Bonchev–Trinajstić information content (AvgIpc) is 3.36. The Hall–Kier alpha value is -2.80. The summed E-state index contributed by atoms with van der Waals surface area (Å²) >= 11 is 0. The monoisotopic (exact) mass is 378 g/mol. The molecule has 28 heavy (non-hydrogen) atoms. The van der Waals surface area contributed by atoms with E-state index in [4.69, 9.17) is 5.10 Å². The van der Waals surface area contributed by atoms with E-state index in [1.165, 1.54) is 5.56 Å². The smallest absolute Gasteiger partial charge is 0.227 e. The number of carbonyl (C=O) groups excluding carboxylic acids is 1. The average molecular weight is 378 g/mol. The Morgan fingerprint density at radius 3 is 2.82 bits per heavy atom. The molecule has 0 bridgehead atoms. The second kappa shape index (κ2) is 8.06. The van der Waals surface area contributed by atoms with E-state index in [0.717, 1.165) is 41.9 Å². The van der Waals surface area contributed by atoms with Gasteiger partial charge in [-0.15, -0.1) is 0 Å². The quantitative estimate of drug-likeness (QED) is 0.686. The molecular weight excluding hydrogens is 352 g/mol. The molecule has 1 aliphatic rings. The van der Waals surface area contributed by atoms with Gasteiger partial charge in [0.25, 0.3) is 0 Å². The second-order valence-corrected chi connectivity index (χ2v) is 7.45. The number of fused-ring (bicyclic) bond motifs is 1. The van der Waals surface area contributed by atoms with Crippen LogP contribution < -0.4 is 10.6 Å². The summed E-state index contributed by atoms with van der Waals surface area (Å²) in [6.07, 6.45) is 4.47. The van der Waals surface area contributed by atoms with E-state index < -0.39 is 0 Å². The van der Waals surface area contributed by atoms with Crippen LogP contribution in [0.3, 0.4) is 0 Å². The number of rotatable bonds is 6. The second-order valence-electron chi connectivity index (χ2n) is 7.45. The maximum Gasteiger partial charge on any atom is 0.227 e. The molecule has 1 saturated heterocycles. The molecule has 1 aromatic carbocycles. The molecule has 2 N–H and O–H groups in total. The molecule has 3 heterocycles. The Morgan fingerprint density at radius 2 is 2.07 bits per heavy atom. The van der Waals surface area contributed by atoms with Crippen LogP contribution in [-0.2, 0) is 11.3 Å². The molecule has 146 valence electrons. The first-order valence-electron chi connectivity index (χ1n) is 9.86. The molecule has 1 aliphatic heterocycles. The first-order valence-corrected chi connectivity index (χ1v) is 9.86. The Morgan fingerprint density at radius 1 is 1.29 bits per heavy atom. The fourth-order valence-electron chi connectivity index (χ4n) is 3.69. The maximum atomic E-state index is 12.5. The first-order chi connectivity index (χ1) is 13.6. The summed E-state index contributed by atoms with van der Waals surface area (Å²) in [4.78, 5) is 21.5. The highest BCUT2D eigenvalue weighted by molar-refractivity contribution is 5.83. The molecule has 0 saturated carbocycles. The third-order valence-corrected chi connectivity index (χ3v) is 5.43. The Bertz CT molecular complexity index is 959. The van der Waals surface area contributed by atoms with Crippen LogP contribution in [-0.4, -0.2) is 45.3 Å². The van der Waals surface area contributed by atoms with Crippen LogP contribution in [0.15, 0.2) is 36.7 Å². The highest BCUT2D eigenvalue weighted by Crippen LogP contribution is 2.26. The van der Waals surface area contributed by atoms with Gasteiger partial charge in [-0.1, -0.05) is 29.8 Å². The molecule has 0 aliphatic carbocycles. The summed E-state index contributed by atoms with van der Waals surface area (Å²) < 4.78 is 1.87. The molecule has 2 atom stereocenters. The minimum absolute atomic E-state index is 0.0200. The Balaban J connectivity index is 1.43. The van der Waals surface area contributed by atoms with Gasteiger partial charge in [0.1, 0.15) is 5.52 Å². The van der Waals surface area contributed by atoms with E-state index >= 15 is 0 Å². The van der Waals surface area contributed by atoms with Crippen molar-refractivity contribution in [2.45, 2.75) is 38.6 Å². The number of benzene rings is 1. The van der Waals surface area contributed by atoms with Crippen molar-refractivity contribution >= 4 is 17.1 Å². The summed E-state index contributed by atoms with van der Waals surface area (Å²) in [7, 11) is 0. The molecule has 7 heteroatoms. The van der Waals surface area contributed by atoms with Gasteiger partial charge in [-0.25, -0.2) is 14.6 Å². The van der Waals surface area contributed by atoms with Crippen molar-refractivity contribution in [1.82, 2.24) is 30.4 Å². The van der Waals surface area contributed by atoms with Gasteiger partial charge in [0.2, 0.25) is 5.91 Å². The lowest BCUT2D eigenvalue weighted by Crippen LogP contribution is -2.31. The lowest BCUT2D eigenvalue weighted by Gasteiger charge is -2.13. The molecule has 1 fully saturated rings. The zero-order valence-electron chi connectivity index (χ0n) is 16.4. The van der Waals surface area contributed by atoms with Gasteiger partial charge < -0.3 is 10.6 Å². The highest BCUT2D eigenvalue weighted by atomic mass is 16.1. The number of aryl methyl sites for hydroxylation is 1. The van der Waals surface area contributed by atoms with Crippen molar-refractivity contribution in [2.24, 2.45) is 0 Å². The minimum atomic E-state index is -0.185. The van der Waals surface area contributed by atoms with Gasteiger partial charge >= 0.3 is 0 Å². The molecule has 3 aromatic rings. The molecule has 7 nitrogen and oxygen atoms in total. The van der Waals surface area contributed by atoms with Gasteiger partial charge in [-0.2, -0.15) is 5.10 Å². The van der Waals surface area contributed by atoms with Crippen LogP contribution >= 0.6 is 0 Å². The third kappa shape index (κ3) is 3.75. The van der Waals surface area contributed by atoms with Crippen LogP contribution in [0.4, 0.5) is 0 Å². The predicted octanol–water partition coefficient (Wildman–Crippen LogP) is 2.13. The zero-order valence-corrected chi connectivity index (χ0v) is 16.4. The number of aromatic nitrogens is 4. The summed E-state index contributed by atoms with van der Waals surface area (Å²) in [5.74, 6) is 0.207. The summed E-state index contributed by atoms with van der Waals surface area (Å²) in [6.45, 7) is 6.98. The van der Waals surface area contributed by atoms with Gasteiger partial charge in [-0.05, 0) is 32.4 Å². The largest absolute Gasteiger partial charge is 0.354 e. The summed E-state index contributed by atoms with van der Waals surface area (Å²) in [5.41, 5.74) is 4.87. The topological polar surface area (TPSA) is 84.7 Å². The van der Waals surface area contributed by atoms with Crippen molar-refractivity contribution in [3.05, 3.63) is 53.5 Å². The van der Waals surface area contributed by atoms with Crippen molar-refractivity contribution in [1.29, 1.82) is 0 Å². The standard InChI is InChI=1S/C21H26N6O/c1-14-3-5-16(6-4-14)15(2)21(28)25-11-12-27-20-19(23-9-10-24-20)18(26-27)17-7-8-22-13-17/h3-6,9-10,15,17,22H,7-8,11-13H2,1-2H3,(H,25,28)/t15-,17+/m0/s1. The number of hydrogen-bond acceptors (Lipinski definition) is 5. The minimum Gasteiger partial charge on any atom is -0.354 e. The van der Waals surface area contributed by atoms with Crippen molar-refractivity contribution in [2.75, 3.05) is 19.6 Å².